The minimum atomic E-state index is -0.00450. The maximum absolute atomic E-state index is 9.55. The molecule has 0 radical (unpaired) electrons. The van der Waals surface area contributed by atoms with E-state index >= 15 is 0 Å². The van der Waals surface area contributed by atoms with Crippen LogP contribution in [0.15, 0.2) is 36.4 Å². The molecule has 7 heteroatoms. The van der Waals surface area contributed by atoms with Crippen LogP contribution in [0.2, 0.25) is 15.1 Å². The van der Waals surface area contributed by atoms with E-state index < -0.39 is 0 Å². The highest BCUT2D eigenvalue weighted by Gasteiger charge is 2.29. The highest BCUT2D eigenvalue weighted by atomic mass is 35.5. The van der Waals surface area contributed by atoms with Gasteiger partial charge in [0.15, 0.2) is 0 Å². The molecule has 1 aliphatic heterocycles. The van der Waals surface area contributed by atoms with Crippen molar-refractivity contribution in [3.63, 3.8) is 0 Å². The van der Waals surface area contributed by atoms with Crippen molar-refractivity contribution >= 4 is 46.2 Å². The molecule has 2 aliphatic rings. The second-order valence-corrected chi connectivity index (χ2v) is 10.3. The van der Waals surface area contributed by atoms with Gasteiger partial charge in [-0.1, -0.05) is 47.3 Å². The third-order valence-electron chi connectivity index (χ3n) is 6.96. The number of benzene rings is 2. The lowest BCUT2D eigenvalue weighted by atomic mass is 9.85. The van der Waals surface area contributed by atoms with Gasteiger partial charge in [-0.15, -0.1) is 0 Å². The summed E-state index contributed by atoms with van der Waals surface area (Å²) in [4.78, 5) is 5.06. The van der Waals surface area contributed by atoms with Crippen molar-refractivity contribution in [1.29, 1.82) is 0 Å². The van der Waals surface area contributed by atoms with E-state index in [0.717, 1.165) is 43.9 Å². The van der Waals surface area contributed by atoms with Crippen LogP contribution in [0.1, 0.15) is 44.2 Å². The first kappa shape index (κ1) is 24.0. The third kappa shape index (κ3) is 5.66. The maximum Gasteiger partial charge on any atom is 0.0639 e. The number of hydrogen-bond acceptors (Lipinski definition) is 4. The minimum absolute atomic E-state index is 0.00450. The molecule has 1 unspecified atom stereocenters. The summed E-state index contributed by atoms with van der Waals surface area (Å²) in [5, 5.41) is 15.0. The van der Waals surface area contributed by atoms with Gasteiger partial charge in [0, 0.05) is 54.6 Å². The van der Waals surface area contributed by atoms with Gasteiger partial charge in [-0.05, 0) is 68.0 Å². The molecule has 4 nitrogen and oxygen atoms in total. The lowest BCUT2D eigenvalue weighted by molar-refractivity contribution is 0.0961. The summed E-state index contributed by atoms with van der Waals surface area (Å²) >= 11 is 19.0. The van der Waals surface area contributed by atoms with Gasteiger partial charge in [0.25, 0.3) is 0 Å². The second kappa shape index (κ2) is 10.8. The summed E-state index contributed by atoms with van der Waals surface area (Å²) in [6, 6.07) is 12.4. The molecule has 174 valence electrons. The Labute approximate surface area is 206 Å². The molecule has 0 bridgehead atoms. The number of aliphatic hydroxyl groups is 1. The van der Waals surface area contributed by atoms with Crippen LogP contribution < -0.4 is 10.2 Å². The van der Waals surface area contributed by atoms with E-state index in [-0.39, 0.29) is 6.04 Å². The van der Waals surface area contributed by atoms with Gasteiger partial charge in [-0.2, -0.15) is 0 Å². The van der Waals surface area contributed by atoms with Gasteiger partial charge in [0.05, 0.1) is 16.8 Å². The highest BCUT2D eigenvalue weighted by Crippen LogP contribution is 2.34. The summed E-state index contributed by atoms with van der Waals surface area (Å²) in [5.41, 5.74) is 3.07. The van der Waals surface area contributed by atoms with Gasteiger partial charge in [0.1, 0.15) is 0 Å². The standard InChI is InChI=1S/C25H32Cl3N3O/c1-17(22-7-5-19(26)14-24(22)28)29-25-15-21(6-8-23(25)27)31-11-9-30(10-12-31)20-4-2-3-18(13-20)16-32/h5-8,14-15,17-18,20,29,32H,2-4,9-13,16H2,1H3/t17?,18-,20-/m1/s1. The van der Waals surface area contributed by atoms with E-state index in [9.17, 15) is 5.11 Å². The smallest absolute Gasteiger partial charge is 0.0639 e. The van der Waals surface area contributed by atoms with Crippen molar-refractivity contribution in [2.24, 2.45) is 5.92 Å². The first-order valence-electron chi connectivity index (χ1n) is 11.6. The van der Waals surface area contributed by atoms with Gasteiger partial charge in [-0.3, -0.25) is 4.90 Å². The van der Waals surface area contributed by atoms with Crippen LogP contribution in [0.3, 0.4) is 0 Å². The van der Waals surface area contributed by atoms with E-state index in [1.807, 2.05) is 18.2 Å². The Morgan fingerprint density at radius 2 is 1.78 bits per heavy atom. The predicted molar refractivity (Wildman–Crippen MR) is 137 cm³/mol. The van der Waals surface area contributed by atoms with Crippen LogP contribution in [0.4, 0.5) is 11.4 Å². The molecular weight excluding hydrogens is 465 g/mol. The fourth-order valence-electron chi connectivity index (χ4n) is 5.09. The first-order valence-corrected chi connectivity index (χ1v) is 12.7. The second-order valence-electron chi connectivity index (χ2n) is 9.09. The zero-order valence-corrected chi connectivity index (χ0v) is 20.8. The van der Waals surface area contributed by atoms with Gasteiger partial charge < -0.3 is 15.3 Å². The molecular formula is C25H32Cl3N3O. The van der Waals surface area contributed by atoms with Crippen molar-refractivity contribution in [2.45, 2.75) is 44.7 Å². The fraction of sp³-hybridized carbons (Fsp3) is 0.520. The average Bonchev–Trinajstić information content (AvgIpc) is 2.80. The number of nitrogens with one attached hydrogen (secondary N) is 1. The summed E-state index contributed by atoms with van der Waals surface area (Å²) in [7, 11) is 0. The third-order valence-corrected chi connectivity index (χ3v) is 7.85. The van der Waals surface area contributed by atoms with E-state index in [1.54, 1.807) is 6.07 Å². The molecule has 1 saturated heterocycles. The van der Waals surface area contributed by atoms with Gasteiger partial charge >= 0.3 is 0 Å². The summed E-state index contributed by atoms with van der Waals surface area (Å²) in [5.74, 6) is 0.479. The Morgan fingerprint density at radius 3 is 2.50 bits per heavy atom. The lowest BCUT2D eigenvalue weighted by Crippen LogP contribution is -2.51. The quantitative estimate of drug-likeness (QED) is 0.479. The molecule has 0 aromatic heterocycles. The summed E-state index contributed by atoms with van der Waals surface area (Å²) in [6.45, 7) is 6.52. The molecule has 2 fully saturated rings. The lowest BCUT2D eigenvalue weighted by Gasteiger charge is -2.43. The average molecular weight is 497 g/mol. The van der Waals surface area contributed by atoms with Crippen LogP contribution in [0.25, 0.3) is 0 Å². The maximum atomic E-state index is 9.55. The zero-order chi connectivity index (χ0) is 22.7. The van der Waals surface area contributed by atoms with Crippen molar-refractivity contribution in [3.8, 4) is 0 Å². The molecule has 1 aliphatic carbocycles. The largest absolute Gasteiger partial charge is 0.396 e. The van der Waals surface area contributed by atoms with Crippen molar-refractivity contribution < 1.29 is 5.11 Å². The highest BCUT2D eigenvalue weighted by molar-refractivity contribution is 6.35. The molecule has 0 spiro atoms. The van der Waals surface area contributed by atoms with Crippen LogP contribution in [-0.4, -0.2) is 48.8 Å². The molecule has 32 heavy (non-hydrogen) atoms. The number of aliphatic hydroxyl groups excluding tert-OH is 1. The Kier molecular flexibility index (Phi) is 8.12. The predicted octanol–water partition coefficient (Wildman–Crippen LogP) is 6.49. The minimum Gasteiger partial charge on any atom is -0.396 e. The van der Waals surface area contributed by atoms with E-state index in [2.05, 4.69) is 34.2 Å². The molecule has 0 amide bonds. The Morgan fingerprint density at radius 1 is 1.00 bits per heavy atom. The molecule has 4 rings (SSSR count). The van der Waals surface area contributed by atoms with Crippen LogP contribution >= 0.6 is 34.8 Å². The van der Waals surface area contributed by atoms with Crippen LogP contribution in [0, 0.1) is 5.92 Å². The number of rotatable bonds is 6. The molecule has 3 atom stereocenters. The van der Waals surface area contributed by atoms with E-state index in [1.165, 1.54) is 24.9 Å². The molecule has 1 saturated carbocycles. The van der Waals surface area contributed by atoms with Gasteiger partial charge in [0.2, 0.25) is 0 Å². The Hall–Kier alpha value is -1.17. The topological polar surface area (TPSA) is 38.7 Å². The number of anilines is 2. The number of piperazine rings is 1. The molecule has 2 aromatic rings. The normalized spacial score (nSPS) is 23.2. The zero-order valence-electron chi connectivity index (χ0n) is 18.5. The Bertz CT molecular complexity index is 917. The number of nitrogens with zero attached hydrogens (tertiary/aromatic N) is 2. The van der Waals surface area contributed by atoms with Crippen molar-refractivity contribution in [2.75, 3.05) is 43.0 Å². The fourth-order valence-corrected chi connectivity index (χ4v) is 5.83. The van der Waals surface area contributed by atoms with Crippen molar-refractivity contribution in [3.05, 3.63) is 57.0 Å². The van der Waals surface area contributed by atoms with Gasteiger partial charge in [-0.25, -0.2) is 0 Å². The Balaban J connectivity index is 1.39. The molecule has 2 aromatic carbocycles. The number of hydrogen-bond donors (Lipinski definition) is 2. The molecule has 2 N–H and O–H groups in total. The first-order chi connectivity index (χ1) is 15.4. The van der Waals surface area contributed by atoms with Crippen molar-refractivity contribution in [1.82, 2.24) is 4.90 Å². The van der Waals surface area contributed by atoms with E-state index in [4.69, 9.17) is 34.8 Å². The number of halogens is 3. The SMILES string of the molecule is CC(Nc1cc(N2CCN([C@@H]3CCC[C@@H](CO)C3)CC2)ccc1Cl)c1ccc(Cl)cc1Cl. The molecule has 1 heterocycles. The van der Waals surface area contributed by atoms with Crippen LogP contribution in [0.5, 0.6) is 0 Å². The van der Waals surface area contributed by atoms with Crippen LogP contribution in [-0.2, 0) is 0 Å². The monoisotopic (exact) mass is 495 g/mol. The summed E-state index contributed by atoms with van der Waals surface area (Å²) < 4.78 is 0. The summed E-state index contributed by atoms with van der Waals surface area (Å²) in [6.07, 6.45) is 4.80. The van der Waals surface area contributed by atoms with E-state index in [0.29, 0.717) is 33.6 Å².